The highest BCUT2D eigenvalue weighted by Gasteiger charge is 2.11. The summed E-state index contributed by atoms with van der Waals surface area (Å²) in [4.78, 5) is 4.84. The van der Waals surface area contributed by atoms with Gasteiger partial charge in [-0.2, -0.15) is 0 Å². The maximum absolute atomic E-state index is 5.65. The fourth-order valence-corrected chi connectivity index (χ4v) is 2.53. The monoisotopic (exact) mass is 273 g/mol. The summed E-state index contributed by atoms with van der Waals surface area (Å²) < 4.78 is 2.39. The van der Waals surface area contributed by atoms with Crippen LogP contribution in [0.15, 0.2) is 18.2 Å². The number of fused-ring (bicyclic) bond motifs is 1. The van der Waals surface area contributed by atoms with Crippen molar-refractivity contribution in [3.05, 3.63) is 29.6 Å². The van der Waals surface area contributed by atoms with Gasteiger partial charge in [-0.3, -0.25) is 0 Å². The zero-order valence-corrected chi connectivity index (χ0v) is 13.0. The van der Waals surface area contributed by atoms with Crippen molar-refractivity contribution in [3.63, 3.8) is 0 Å². The van der Waals surface area contributed by atoms with E-state index in [-0.39, 0.29) is 0 Å². The molecule has 0 unspecified atom stereocenters. The molecule has 0 aliphatic rings. The van der Waals surface area contributed by atoms with Crippen molar-refractivity contribution in [2.75, 3.05) is 6.54 Å². The van der Waals surface area contributed by atoms with Gasteiger partial charge in [-0.25, -0.2) is 4.98 Å². The molecule has 0 amide bonds. The molecule has 1 heterocycles. The molecule has 0 atom stereocenters. The topological polar surface area (TPSA) is 43.8 Å². The van der Waals surface area contributed by atoms with Crippen molar-refractivity contribution in [3.8, 4) is 0 Å². The van der Waals surface area contributed by atoms with E-state index in [2.05, 4.69) is 43.5 Å². The molecule has 0 aliphatic carbocycles. The smallest absolute Gasteiger partial charge is 0.109 e. The molecule has 0 spiro atoms. The highest BCUT2D eigenvalue weighted by atomic mass is 15.1. The average molecular weight is 273 g/mol. The molecule has 110 valence electrons. The number of rotatable bonds is 7. The molecule has 0 radical (unpaired) electrons. The molecule has 2 aromatic rings. The van der Waals surface area contributed by atoms with Crippen LogP contribution in [-0.4, -0.2) is 16.1 Å². The van der Waals surface area contributed by atoms with Gasteiger partial charge in [0, 0.05) is 13.0 Å². The number of nitrogens with zero attached hydrogens (tertiary/aromatic N) is 2. The first-order chi connectivity index (χ1) is 9.65. The number of imidazole rings is 1. The van der Waals surface area contributed by atoms with Gasteiger partial charge in [-0.05, 0) is 49.4 Å². The summed E-state index contributed by atoms with van der Waals surface area (Å²) in [6.07, 6.45) is 4.24. The molecule has 2 rings (SSSR count). The Balaban J connectivity index is 2.37. The SMILES string of the molecule is CCc1ccc2c(c1)nc(CCCN)n2CCC(C)C. The van der Waals surface area contributed by atoms with Crippen LogP contribution in [0.5, 0.6) is 0 Å². The molecular formula is C17H27N3. The minimum absolute atomic E-state index is 0.713. The molecule has 1 aromatic heterocycles. The normalized spacial score (nSPS) is 11.7. The fraction of sp³-hybridized carbons (Fsp3) is 0.588. The Hall–Kier alpha value is -1.35. The second kappa shape index (κ2) is 6.89. The lowest BCUT2D eigenvalue weighted by molar-refractivity contribution is 0.510. The van der Waals surface area contributed by atoms with Gasteiger partial charge in [-0.1, -0.05) is 26.8 Å². The summed E-state index contributed by atoms with van der Waals surface area (Å²) in [7, 11) is 0. The van der Waals surface area contributed by atoms with E-state index in [9.17, 15) is 0 Å². The van der Waals surface area contributed by atoms with Gasteiger partial charge in [0.25, 0.3) is 0 Å². The first-order valence-corrected chi connectivity index (χ1v) is 7.83. The van der Waals surface area contributed by atoms with Crippen LogP contribution in [0.4, 0.5) is 0 Å². The maximum Gasteiger partial charge on any atom is 0.109 e. The van der Waals surface area contributed by atoms with Crippen LogP contribution in [0.1, 0.15) is 45.0 Å². The number of hydrogen-bond acceptors (Lipinski definition) is 2. The van der Waals surface area contributed by atoms with Crippen LogP contribution >= 0.6 is 0 Å². The number of nitrogens with two attached hydrogens (primary N) is 1. The van der Waals surface area contributed by atoms with Crippen LogP contribution in [0.25, 0.3) is 11.0 Å². The fourth-order valence-electron chi connectivity index (χ4n) is 2.53. The maximum atomic E-state index is 5.65. The predicted octanol–water partition coefficient (Wildman–Crippen LogP) is 3.54. The van der Waals surface area contributed by atoms with Crippen LogP contribution in [0.2, 0.25) is 0 Å². The molecule has 0 saturated heterocycles. The van der Waals surface area contributed by atoms with E-state index in [4.69, 9.17) is 10.7 Å². The first-order valence-electron chi connectivity index (χ1n) is 7.83. The van der Waals surface area contributed by atoms with E-state index >= 15 is 0 Å². The highest BCUT2D eigenvalue weighted by molar-refractivity contribution is 5.77. The number of benzene rings is 1. The Bertz CT molecular complexity index is 555. The third-order valence-corrected chi connectivity index (χ3v) is 3.83. The predicted molar refractivity (Wildman–Crippen MR) is 85.9 cm³/mol. The molecule has 0 bridgehead atoms. The lowest BCUT2D eigenvalue weighted by Gasteiger charge is -2.11. The molecule has 2 N–H and O–H groups in total. The second-order valence-electron chi connectivity index (χ2n) is 5.93. The lowest BCUT2D eigenvalue weighted by atomic mass is 10.1. The Kier molecular flexibility index (Phi) is 5.18. The highest BCUT2D eigenvalue weighted by Crippen LogP contribution is 2.20. The Morgan fingerprint density at radius 3 is 2.75 bits per heavy atom. The van der Waals surface area contributed by atoms with Gasteiger partial charge in [0.15, 0.2) is 0 Å². The molecule has 20 heavy (non-hydrogen) atoms. The quantitative estimate of drug-likeness (QED) is 0.838. The van der Waals surface area contributed by atoms with Crippen LogP contribution in [-0.2, 0) is 19.4 Å². The summed E-state index contributed by atoms with van der Waals surface area (Å²) in [6, 6.07) is 6.68. The largest absolute Gasteiger partial charge is 0.330 e. The molecule has 0 aliphatic heterocycles. The third kappa shape index (κ3) is 3.40. The Labute approximate surface area is 122 Å². The zero-order chi connectivity index (χ0) is 14.5. The Morgan fingerprint density at radius 2 is 2.10 bits per heavy atom. The molecule has 3 heteroatoms. The molecule has 1 aromatic carbocycles. The molecular weight excluding hydrogens is 246 g/mol. The van der Waals surface area contributed by atoms with Crippen molar-refractivity contribution in [1.29, 1.82) is 0 Å². The van der Waals surface area contributed by atoms with Gasteiger partial charge < -0.3 is 10.3 Å². The van der Waals surface area contributed by atoms with E-state index in [1.54, 1.807) is 0 Å². The lowest BCUT2D eigenvalue weighted by Crippen LogP contribution is -2.08. The molecule has 0 saturated carbocycles. The van der Waals surface area contributed by atoms with Crippen LogP contribution in [0, 0.1) is 5.92 Å². The van der Waals surface area contributed by atoms with E-state index in [1.807, 2.05) is 0 Å². The van der Waals surface area contributed by atoms with Gasteiger partial charge in [0.2, 0.25) is 0 Å². The van der Waals surface area contributed by atoms with Gasteiger partial charge in [0.05, 0.1) is 11.0 Å². The second-order valence-corrected chi connectivity index (χ2v) is 5.93. The van der Waals surface area contributed by atoms with Gasteiger partial charge in [-0.15, -0.1) is 0 Å². The van der Waals surface area contributed by atoms with Crippen molar-refractivity contribution in [2.24, 2.45) is 11.7 Å². The van der Waals surface area contributed by atoms with Crippen molar-refractivity contribution < 1.29 is 0 Å². The number of aryl methyl sites for hydroxylation is 3. The van der Waals surface area contributed by atoms with Crippen molar-refractivity contribution in [1.82, 2.24) is 9.55 Å². The molecule has 0 fully saturated rings. The average Bonchev–Trinajstić information content (AvgIpc) is 2.79. The molecule has 3 nitrogen and oxygen atoms in total. The van der Waals surface area contributed by atoms with E-state index in [1.165, 1.54) is 23.3 Å². The summed E-state index contributed by atoms with van der Waals surface area (Å²) >= 11 is 0. The third-order valence-electron chi connectivity index (χ3n) is 3.83. The standard InChI is InChI=1S/C17H27N3/c1-4-14-7-8-16-15(12-14)19-17(6-5-10-18)20(16)11-9-13(2)3/h7-8,12-13H,4-6,9-11,18H2,1-3H3. The van der Waals surface area contributed by atoms with Gasteiger partial charge in [0.1, 0.15) is 5.82 Å². The number of aromatic nitrogens is 2. The summed E-state index contributed by atoms with van der Waals surface area (Å²) in [5.74, 6) is 1.91. The summed E-state index contributed by atoms with van der Waals surface area (Å²) in [6.45, 7) is 8.52. The summed E-state index contributed by atoms with van der Waals surface area (Å²) in [5.41, 5.74) is 9.42. The Morgan fingerprint density at radius 1 is 1.30 bits per heavy atom. The number of hydrogen-bond donors (Lipinski definition) is 1. The first kappa shape index (κ1) is 15.0. The van der Waals surface area contributed by atoms with Gasteiger partial charge >= 0.3 is 0 Å². The van der Waals surface area contributed by atoms with Crippen molar-refractivity contribution >= 4 is 11.0 Å². The minimum Gasteiger partial charge on any atom is -0.330 e. The van der Waals surface area contributed by atoms with Crippen molar-refractivity contribution in [2.45, 2.75) is 53.0 Å². The zero-order valence-electron chi connectivity index (χ0n) is 13.0. The van der Waals surface area contributed by atoms with E-state index in [0.29, 0.717) is 5.92 Å². The minimum atomic E-state index is 0.713. The summed E-state index contributed by atoms with van der Waals surface area (Å²) in [5, 5.41) is 0. The van der Waals surface area contributed by atoms with Crippen LogP contribution in [0.3, 0.4) is 0 Å². The van der Waals surface area contributed by atoms with E-state index < -0.39 is 0 Å². The van der Waals surface area contributed by atoms with E-state index in [0.717, 1.165) is 37.9 Å². The van der Waals surface area contributed by atoms with Crippen LogP contribution < -0.4 is 5.73 Å².